The molecule has 1 N–H and O–H groups in total. The fourth-order valence-electron chi connectivity index (χ4n) is 3.49. The summed E-state index contributed by atoms with van der Waals surface area (Å²) in [6, 6.07) is 1.60. The molecule has 2 fully saturated rings. The summed E-state index contributed by atoms with van der Waals surface area (Å²) in [5.74, 6) is 2.39. The first-order valence-electron chi connectivity index (χ1n) is 6.82. The van der Waals surface area contributed by atoms with Crippen LogP contribution in [0.4, 0.5) is 10.2 Å². The number of fused-ring (bicyclic) bond motifs is 1. The van der Waals surface area contributed by atoms with Crippen molar-refractivity contribution in [2.24, 2.45) is 11.8 Å². The molecule has 2 aliphatic rings. The van der Waals surface area contributed by atoms with Gasteiger partial charge in [0.2, 0.25) is 0 Å². The van der Waals surface area contributed by atoms with E-state index in [-0.39, 0.29) is 5.82 Å². The molecule has 1 aromatic rings. The molecule has 1 aromatic heterocycles. The van der Waals surface area contributed by atoms with Crippen LogP contribution in [0.3, 0.4) is 0 Å². The highest BCUT2D eigenvalue weighted by atomic mass is 19.1. The molecule has 0 radical (unpaired) electrons. The van der Waals surface area contributed by atoms with Crippen molar-refractivity contribution in [2.45, 2.75) is 25.8 Å². The van der Waals surface area contributed by atoms with Crippen LogP contribution in [0, 0.1) is 17.7 Å². The van der Waals surface area contributed by atoms with E-state index in [4.69, 9.17) is 0 Å². The lowest BCUT2D eigenvalue weighted by Crippen LogP contribution is -2.24. The minimum atomic E-state index is -0.247. The Morgan fingerprint density at radius 2 is 2.11 bits per heavy atom. The molecule has 1 aliphatic heterocycles. The van der Waals surface area contributed by atoms with E-state index in [9.17, 15) is 4.39 Å². The standard InChI is InChI=1S/C14H20FN3/c1-16-6-12-5-13(15)7-17-14(12)18-8-10-3-2-4-11(10)9-18/h5,7,10-11,16H,2-4,6,8-9H2,1H3. The molecule has 4 heteroatoms. The van der Waals surface area contributed by atoms with Crippen LogP contribution in [-0.4, -0.2) is 25.1 Å². The molecule has 0 aromatic carbocycles. The molecule has 18 heavy (non-hydrogen) atoms. The molecule has 0 bridgehead atoms. The third kappa shape index (κ3) is 2.09. The predicted molar refractivity (Wildman–Crippen MR) is 70.0 cm³/mol. The van der Waals surface area contributed by atoms with Gasteiger partial charge < -0.3 is 10.2 Å². The van der Waals surface area contributed by atoms with Gasteiger partial charge in [0.05, 0.1) is 6.20 Å². The molecule has 0 amide bonds. The summed E-state index contributed by atoms with van der Waals surface area (Å²) in [6.45, 7) is 2.87. The Labute approximate surface area is 107 Å². The molecule has 1 aliphatic carbocycles. The van der Waals surface area contributed by atoms with Gasteiger partial charge >= 0.3 is 0 Å². The van der Waals surface area contributed by atoms with E-state index < -0.39 is 0 Å². The van der Waals surface area contributed by atoms with E-state index in [1.807, 2.05) is 7.05 Å². The average Bonchev–Trinajstić information content (AvgIpc) is 2.90. The monoisotopic (exact) mass is 249 g/mol. The Balaban J connectivity index is 1.83. The predicted octanol–water partition coefficient (Wildman–Crippen LogP) is 2.18. The van der Waals surface area contributed by atoms with Crippen molar-refractivity contribution in [1.82, 2.24) is 10.3 Å². The second-order valence-electron chi connectivity index (χ2n) is 5.52. The molecule has 3 rings (SSSR count). The normalized spacial score (nSPS) is 26.7. The van der Waals surface area contributed by atoms with E-state index in [0.717, 1.165) is 36.3 Å². The zero-order valence-corrected chi connectivity index (χ0v) is 10.8. The lowest BCUT2D eigenvalue weighted by Gasteiger charge is -2.21. The molecule has 2 atom stereocenters. The maximum Gasteiger partial charge on any atom is 0.141 e. The Morgan fingerprint density at radius 3 is 2.78 bits per heavy atom. The first-order chi connectivity index (χ1) is 8.78. The highest BCUT2D eigenvalue weighted by molar-refractivity contribution is 5.48. The molecule has 1 saturated carbocycles. The lowest BCUT2D eigenvalue weighted by atomic mass is 10.0. The zero-order valence-electron chi connectivity index (χ0n) is 10.8. The van der Waals surface area contributed by atoms with Crippen molar-refractivity contribution < 1.29 is 4.39 Å². The number of nitrogens with zero attached hydrogens (tertiary/aromatic N) is 2. The summed E-state index contributed by atoms with van der Waals surface area (Å²) in [5.41, 5.74) is 0.970. The molecule has 2 heterocycles. The molecule has 2 unspecified atom stereocenters. The quantitative estimate of drug-likeness (QED) is 0.890. The number of rotatable bonds is 3. The van der Waals surface area contributed by atoms with Crippen LogP contribution < -0.4 is 10.2 Å². The number of anilines is 1. The minimum absolute atomic E-state index is 0.247. The summed E-state index contributed by atoms with van der Waals surface area (Å²) >= 11 is 0. The largest absolute Gasteiger partial charge is 0.356 e. The molecule has 1 saturated heterocycles. The fourth-order valence-corrected chi connectivity index (χ4v) is 3.49. The maximum atomic E-state index is 13.3. The molecular formula is C14H20FN3. The van der Waals surface area contributed by atoms with Crippen LogP contribution in [0.1, 0.15) is 24.8 Å². The fraction of sp³-hybridized carbons (Fsp3) is 0.643. The number of aromatic nitrogens is 1. The van der Waals surface area contributed by atoms with Crippen LogP contribution in [0.2, 0.25) is 0 Å². The summed E-state index contributed by atoms with van der Waals surface area (Å²) in [4.78, 5) is 6.66. The van der Waals surface area contributed by atoms with Crippen molar-refractivity contribution in [3.8, 4) is 0 Å². The summed E-state index contributed by atoms with van der Waals surface area (Å²) in [5, 5.41) is 3.09. The topological polar surface area (TPSA) is 28.2 Å². The Morgan fingerprint density at radius 1 is 1.39 bits per heavy atom. The van der Waals surface area contributed by atoms with Gasteiger partial charge in [-0.1, -0.05) is 6.42 Å². The number of pyridine rings is 1. The molecule has 3 nitrogen and oxygen atoms in total. The average molecular weight is 249 g/mol. The van der Waals surface area contributed by atoms with Crippen LogP contribution in [0.15, 0.2) is 12.3 Å². The van der Waals surface area contributed by atoms with Gasteiger partial charge in [-0.15, -0.1) is 0 Å². The van der Waals surface area contributed by atoms with E-state index in [2.05, 4.69) is 15.2 Å². The number of hydrogen-bond donors (Lipinski definition) is 1. The van der Waals surface area contributed by atoms with Gasteiger partial charge in [0.1, 0.15) is 11.6 Å². The summed E-state index contributed by atoms with van der Waals surface area (Å²) in [7, 11) is 1.88. The SMILES string of the molecule is CNCc1cc(F)cnc1N1CC2CCCC2C1. The second kappa shape index (κ2) is 4.84. The van der Waals surface area contributed by atoms with Gasteiger partial charge in [0.15, 0.2) is 0 Å². The first kappa shape index (κ1) is 11.9. The first-order valence-corrected chi connectivity index (χ1v) is 6.82. The number of halogens is 1. The van der Waals surface area contributed by atoms with Crippen LogP contribution in [-0.2, 0) is 6.54 Å². The molecular weight excluding hydrogens is 229 g/mol. The number of hydrogen-bond acceptors (Lipinski definition) is 3. The van der Waals surface area contributed by atoms with Crippen LogP contribution >= 0.6 is 0 Å². The zero-order chi connectivity index (χ0) is 12.5. The van der Waals surface area contributed by atoms with Gasteiger partial charge in [-0.25, -0.2) is 9.37 Å². The third-order valence-electron chi connectivity index (χ3n) is 4.30. The van der Waals surface area contributed by atoms with Crippen molar-refractivity contribution in [2.75, 3.05) is 25.0 Å². The maximum absolute atomic E-state index is 13.3. The van der Waals surface area contributed by atoms with Crippen molar-refractivity contribution in [1.29, 1.82) is 0 Å². The van der Waals surface area contributed by atoms with Crippen LogP contribution in [0.5, 0.6) is 0 Å². The van der Waals surface area contributed by atoms with Crippen molar-refractivity contribution in [3.63, 3.8) is 0 Å². The van der Waals surface area contributed by atoms with E-state index in [0.29, 0.717) is 6.54 Å². The van der Waals surface area contributed by atoms with Crippen LogP contribution in [0.25, 0.3) is 0 Å². The Bertz CT molecular complexity index is 423. The van der Waals surface area contributed by atoms with Crippen molar-refractivity contribution in [3.05, 3.63) is 23.6 Å². The van der Waals surface area contributed by atoms with Gasteiger partial charge in [0, 0.05) is 25.2 Å². The molecule has 0 spiro atoms. The van der Waals surface area contributed by atoms with E-state index in [1.54, 1.807) is 6.07 Å². The summed E-state index contributed by atoms with van der Waals surface area (Å²) in [6.07, 6.45) is 5.42. The lowest BCUT2D eigenvalue weighted by molar-refractivity contribution is 0.494. The smallest absolute Gasteiger partial charge is 0.141 e. The Kier molecular flexibility index (Phi) is 3.20. The highest BCUT2D eigenvalue weighted by Crippen LogP contribution is 2.39. The number of nitrogens with one attached hydrogen (secondary N) is 1. The van der Waals surface area contributed by atoms with Gasteiger partial charge in [-0.3, -0.25) is 0 Å². The third-order valence-corrected chi connectivity index (χ3v) is 4.30. The second-order valence-corrected chi connectivity index (χ2v) is 5.52. The van der Waals surface area contributed by atoms with Crippen molar-refractivity contribution >= 4 is 5.82 Å². The van der Waals surface area contributed by atoms with E-state index in [1.165, 1.54) is 25.5 Å². The van der Waals surface area contributed by atoms with E-state index >= 15 is 0 Å². The van der Waals surface area contributed by atoms with Gasteiger partial charge in [0.25, 0.3) is 0 Å². The molecule has 98 valence electrons. The summed E-state index contributed by atoms with van der Waals surface area (Å²) < 4.78 is 13.3. The Hall–Kier alpha value is -1.16. The van der Waals surface area contributed by atoms with Gasteiger partial charge in [-0.2, -0.15) is 0 Å². The minimum Gasteiger partial charge on any atom is -0.356 e. The van der Waals surface area contributed by atoms with Gasteiger partial charge in [-0.05, 0) is 37.8 Å². The highest BCUT2D eigenvalue weighted by Gasteiger charge is 2.37.